The van der Waals surface area contributed by atoms with Crippen molar-refractivity contribution in [1.29, 1.82) is 0 Å². The van der Waals surface area contributed by atoms with E-state index in [1.165, 1.54) is 12.1 Å². The number of hydrogen-bond donors (Lipinski definition) is 2. The Bertz CT molecular complexity index is 834. The molecule has 5 nitrogen and oxygen atoms in total. The largest absolute Gasteiger partial charge is 0.573 e. The number of aromatic nitrogens is 2. The van der Waals surface area contributed by atoms with Gasteiger partial charge in [0.05, 0.1) is 0 Å². The third-order valence-corrected chi connectivity index (χ3v) is 4.29. The lowest BCUT2D eigenvalue weighted by Crippen LogP contribution is -2.24. The molecule has 2 N–H and O–H groups in total. The van der Waals surface area contributed by atoms with E-state index in [2.05, 4.69) is 25.3 Å². The Morgan fingerprint density at radius 1 is 0.931 bits per heavy atom. The minimum absolute atomic E-state index is 0.0244. The summed E-state index contributed by atoms with van der Waals surface area (Å²) in [5.74, 6) is -0.889. The van der Waals surface area contributed by atoms with Crippen LogP contribution in [0.3, 0.4) is 0 Å². The highest BCUT2D eigenvalue weighted by molar-refractivity contribution is 5.59. The summed E-state index contributed by atoms with van der Waals surface area (Å²) in [5.41, 5.74) is -1.07. The summed E-state index contributed by atoms with van der Waals surface area (Å²) < 4.78 is 80.6. The van der Waals surface area contributed by atoms with Crippen LogP contribution in [0, 0.1) is 0 Å². The minimum Gasteiger partial charge on any atom is -0.406 e. The topological polar surface area (TPSA) is 59.1 Å². The molecular formula is C18H18F6N4O. The average molecular weight is 420 g/mol. The lowest BCUT2D eigenvalue weighted by Gasteiger charge is -2.23. The SMILES string of the molecule is FC(F)(F)Oc1cccc(Nc2cc(C(F)(F)F)nc(NC3CCCCC3)n2)c1. The predicted octanol–water partition coefficient (Wildman–Crippen LogP) is 5.88. The first-order chi connectivity index (χ1) is 13.6. The molecule has 0 radical (unpaired) electrons. The quantitative estimate of drug-likeness (QED) is 0.592. The first-order valence-electron chi connectivity index (χ1n) is 8.94. The van der Waals surface area contributed by atoms with E-state index in [9.17, 15) is 26.3 Å². The first-order valence-corrected chi connectivity index (χ1v) is 8.94. The zero-order valence-electron chi connectivity index (χ0n) is 15.1. The Morgan fingerprint density at radius 2 is 1.66 bits per heavy atom. The maximum absolute atomic E-state index is 13.2. The molecule has 1 saturated carbocycles. The molecule has 1 aromatic heterocycles. The van der Waals surface area contributed by atoms with Crippen LogP contribution >= 0.6 is 0 Å². The fourth-order valence-electron chi connectivity index (χ4n) is 3.07. The molecule has 11 heteroatoms. The Balaban J connectivity index is 1.84. The van der Waals surface area contributed by atoms with Crippen molar-refractivity contribution in [2.45, 2.75) is 50.7 Å². The number of ether oxygens (including phenoxy) is 1. The Labute approximate surface area is 162 Å². The Hall–Kier alpha value is -2.72. The number of benzene rings is 1. The van der Waals surface area contributed by atoms with Crippen LogP contribution in [-0.2, 0) is 6.18 Å². The standard InChI is InChI=1S/C18H18F6N4O/c19-17(20,21)14-10-15(28-16(27-14)26-11-5-2-1-3-6-11)25-12-7-4-8-13(9-12)29-18(22,23)24/h4,7-11H,1-3,5-6H2,(H2,25,26,27,28). The minimum atomic E-state index is -4.88. The fourth-order valence-corrected chi connectivity index (χ4v) is 3.07. The van der Waals surface area contributed by atoms with Crippen molar-refractivity contribution in [3.8, 4) is 5.75 Å². The number of alkyl halides is 6. The van der Waals surface area contributed by atoms with E-state index in [4.69, 9.17) is 0 Å². The molecule has 0 saturated heterocycles. The monoisotopic (exact) mass is 420 g/mol. The van der Waals surface area contributed by atoms with Crippen LogP contribution in [0.25, 0.3) is 0 Å². The van der Waals surface area contributed by atoms with Gasteiger partial charge in [-0.2, -0.15) is 18.2 Å². The first kappa shape index (κ1) is 21.0. The smallest absolute Gasteiger partial charge is 0.406 e. The van der Waals surface area contributed by atoms with Crippen LogP contribution in [0.2, 0.25) is 0 Å². The molecule has 1 aliphatic rings. The Morgan fingerprint density at radius 3 is 2.31 bits per heavy atom. The number of nitrogens with zero attached hydrogens (tertiary/aromatic N) is 2. The summed E-state index contributed by atoms with van der Waals surface area (Å²) in [4.78, 5) is 7.59. The zero-order valence-corrected chi connectivity index (χ0v) is 15.1. The third kappa shape index (κ3) is 6.40. The molecule has 1 fully saturated rings. The summed E-state index contributed by atoms with van der Waals surface area (Å²) in [7, 11) is 0. The van der Waals surface area contributed by atoms with Crippen molar-refractivity contribution in [1.82, 2.24) is 9.97 Å². The summed E-state index contributed by atoms with van der Waals surface area (Å²) in [6, 6.07) is 5.42. The van der Waals surface area contributed by atoms with Gasteiger partial charge in [-0.25, -0.2) is 4.98 Å². The van der Waals surface area contributed by atoms with Crippen LogP contribution in [-0.4, -0.2) is 22.4 Å². The maximum Gasteiger partial charge on any atom is 0.573 e. The fraction of sp³-hybridized carbons (Fsp3) is 0.444. The van der Waals surface area contributed by atoms with Crippen LogP contribution in [0.4, 0.5) is 43.8 Å². The summed E-state index contributed by atoms with van der Waals surface area (Å²) in [5, 5.41) is 5.51. The Kier molecular flexibility index (Phi) is 6.04. The van der Waals surface area contributed by atoms with Crippen molar-refractivity contribution in [3.05, 3.63) is 36.0 Å². The molecule has 0 atom stereocenters. The van der Waals surface area contributed by atoms with Gasteiger partial charge in [0.1, 0.15) is 11.6 Å². The molecule has 1 aromatic carbocycles. The molecule has 1 aliphatic carbocycles. The second-order valence-corrected chi connectivity index (χ2v) is 6.64. The van der Waals surface area contributed by atoms with E-state index in [0.717, 1.165) is 44.2 Å². The molecule has 0 spiro atoms. The van der Waals surface area contributed by atoms with Gasteiger partial charge in [-0.15, -0.1) is 13.2 Å². The second-order valence-electron chi connectivity index (χ2n) is 6.64. The number of halogens is 6. The average Bonchev–Trinajstić information content (AvgIpc) is 2.60. The molecule has 158 valence electrons. The van der Waals surface area contributed by atoms with Crippen molar-refractivity contribution >= 4 is 17.5 Å². The zero-order chi connectivity index (χ0) is 21.1. The van der Waals surface area contributed by atoms with Gasteiger partial charge < -0.3 is 15.4 Å². The van der Waals surface area contributed by atoms with E-state index < -0.39 is 24.0 Å². The molecule has 2 aromatic rings. The van der Waals surface area contributed by atoms with Gasteiger partial charge in [0.2, 0.25) is 5.95 Å². The van der Waals surface area contributed by atoms with Crippen molar-refractivity contribution in [3.63, 3.8) is 0 Å². The van der Waals surface area contributed by atoms with Crippen LogP contribution in [0.5, 0.6) is 5.75 Å². The summed E-state index contributed by atoms with van der Waals surface area (Å²) in [6.45, 7) is 0. The molecular weight excluding hydrogens is 402 g/mol. The van der Waals surface area contributed by atoms with E-state index in [1.807, 2.05) is 0 Å². The van der Waals surface area contributed by atoms with Gasteiger partial charge in [-0.3, -0.25) is 0 Å². The van der Waals surface area contributed by atoms with Gasteiger partial charge in [0.15, 0.2) is 5.69 Å². The molecule has 3 rings (SSSR count). The van der Waals surface area contributed by atoms with Gasteiger partial charge >= 0.3 is 12.5 Å². The van der Waals surface area contributed by atoms with Gasteiger partial charge in [0, 0.05) is 23.9 Å². The molecule has 29 heavy (non-hydrogen) atoms. The normalized spacial score (nSPS) is 15.8. The van der Waals surface area contributed by atoms with E-state index in [0.29, 0.717) is 6.07 Å². The maximum atomic E-state index is 13.2. The molecule has 0 amide bonds. The van der Waals surface area contributed by atoms with E-state index >= 15 is 0 Å². The highest BCUT2D eigenvalue weighted by atomic mass is 19.4. The van der Waals surface area contributed by atoms with E-state index in [-0.39, 0.29) is 23.5 Å². The number of hydrogen-bond acceptors (Lipinski definition) is 5. The highest BCUT2D eigenvalue weighted by Gasteiger charge is 2.34. The third-order valence-electron chi connectivity index (χ3n) is 4.29. The summed E-state index contributed by atoms with van der Waals surface area (Å²) in [6.07, 6.45) is -4.97. The van der Waals surface area contributed by atoms with Gasteiger partial charge in [-0.1, -0.05) is 25.3 Å². The van der Waals surface area contributed by atoms with Crippen molar-refractivity contribution < 1.29 is 31.1 Å². The molecule has 0 unspecified atom stereocenters. The second kappa shape index (κ2) is 8.34. The van der Waals surface area contributed by atoms with Crippen LogP contribution in [0.1, 0.15) is 37.8 Å². The van der Waals surface area contributed by atoms with Crippen LogP contribution < -0.4 is 15.4 Å². The van der Waals surface area contributed by atoms with Crippen molar-refractivity contribution in [2.24, 2.45) is 0 Å². The van der Waals surface area contributed by atoms with Crippen LogP contribution in [0.15, 0.2) is 30.3 Å². The van der Waals surface area contributed by atoms with E-state index in [1.54, 1.807) is 0 Å². The number of anilines is 3. The molecule has 1 heterocycles. The predicted molar refractivity (Wildman–Crippen MR) is 93.9 cm³/mol. The van der Waals surface area contributed by atoms with Crippen molar-refractivity contribution in [2.75, 3.05) is 10.6 Å². The lowest BCUT2D eigenvalue weighted by molar-refractivity contribution is -0.274. The van der Waals surface area contributed by atoms with Gasteiger partial charge in [-0.05, 0) is 25.0 Å². The number of nitrogens with one attached hydrogen (secondary N) is 2. The molecule has 0 bridgehead atoms. The molecule has 0 aliphatic heterocycles. The van der Waals surface area contributed by atoms with Gasteiger partial charge in [0.25, 0.3) is 0 Å². The number of rotatable bonds is 5. The summed E-state index contributed by atoms with van der Waals surface area (Å²) >= 11 is 0. The lowest BCUT2D eigenvalue weighted by atomic mass is 9.96. The highest BCUT2D eigenvalue weighted by Crippen LogP contribution is 2.32.